The molecule has 2 aromatic carbocycles. The number of nitrogens with zero attached hydrogens (tertiary/aromatic N) is 3. The van der Waals surface area contributed by atoms with E-state index in [-0.39, 0.29) is 48.4 Å². The van der Waals surface area contributed by atoms with Crippen LogP contribution in [0.1, 0.15) is 17.2 Å². The van der Waals surface area contributed by atoms with Crippen LogP contribution in [-0.2, 0) is 4.79 Å². The summed E-state index contributed by atoms with van der Waals surface area (Å²) < 4.78 is 4.18. The number of benzene rings is 2. The van der Waals surface area contributed by atoms with Gasteiger partial charge in [0.2, 0.25) is 0 Å². The predicted octanol–water partition coefficient (Wildman–Crippen LogP) is 5.03. The predicted molar refractivity (Wildman–Crippen MR) is 113 cm³/mol. The van der Waals surface area contributed by atoms with E-state index in [1.54, 1.807) is 31.2 Å². The van der Waals surface area contributed by atoms with Crippen LogP contribution < -0.4 is 5.32 Å². The molecule has 1 aliphatic rings. The molecule has 0 aromatic heterocycles. The maximum atomic E-state index is 12.3. The first-order valence-corrected chi connectivity index (χ1v) is 11.6. The van der Waals surface area contributed by atoms with E-state index in [9.17, 15) is 14.9 Å². The topological polar surface area (TPSA) is 97.0 Å². The molecule has 7 nitrogen and oxygen atoms in total. The van der Waals surface area contributed by atoms with Gasteiger partial charge >= 0.3 is 182 Å². The normalized spacial score (nSPS) is 18.2. The number of hydrogen-bond donors (Lipinski definition) is 1. The second kappa shape index (κ2) is 9.24. The molecule has 1 aliphatic heterocycles. The molecule has 2 aromatic rings. The molecule has 0 fully saturated rings. The van der Waals surface area contributed by atoms with Crippen LogP contribution in [-0.4, -0.2) is 35.9 Å². The number of aryl methyl sites for hydroxylation is 1. The minimum atomic E-state index is -0.506. The van der Waals surface area contributed by atoms with Gasteiger partial charge in [0.1, 0.15) is 0 Å². The van der Waals surface area contributed by atoms with E-state index in [2.05, 4.69) is 14.6 Å². The van der Waals surface area contributed by atoms with E-state index in [1.165, 1.54) is 17.8 Å². The van der Waals surface area contributed by atoms with Gasteiger partial charge in [-0.2, -0.15) is 0 Å². The van der Waals surface area contributed by atoms with Crippen molar-refractivity contribution in [2.75, 3.05) is 11.1 Å². The second-order valence-corrected chi connectivity index (χ2v) is 10.4. The Balaban J connectivity index is 1.63. The monoisotopic (exact) mass is 504 g/mol. The Kier molecular flexibility index (Phi) is 6.95. The number of anilines is 1. The molecule has 11 heteroatoms. The molecule has 0 radical (unpaired) electrons. The zero-order valence-corrected chi connectivity index (χ0v) is 18.5. The fourth-order valence-electron chi connectivity index (χ4n) is 2.52. The van der Waals surface area contributed by atoms with Crippen LogP contribution in [0, 0.1) is 17.0 Å². The average molecular weight is 504 g/mol. The Morgan fingerprint density at radius 2 is 2.07 bits per heavy atom. The number of rotatable bonds is 6. The number of nitro benzene ring substituents is 1. The number of carbonyl (C=O) groups is 1. The third kappa shape index (κ3) is 5.04. The molecule has 1 heterocycles. The summed E-state index contributed by atoms with van der Waals surface area (Å²) >= 11 is 13.4. The molecule has 1 N–H and O–H groups in total. The SMILES string of the molecule is Cc1ccc(NC(=O)CSC2[Se]N=NC2c2ccc(Cl)c(Cl)c2)c([N+](=O)[O-])c1. The second-order valence-electron chi connectivity index (χ2n) is 5.93. The van der Waals surface area contributed by atoms with E-state index in [0.717, 1.165) is 11.1 Å². The van der Waals surface area contributed by atoms with Crippen LogP contribution >= 0.6 is 35.0 Å². The van der Waals surface area contributed by atoms with Crippen molar-refractivity contribution in [3.05, 3.63) is 67.7 Å². The van der Waals surface area contributed by atoms with E-state index in [4.69, 9.17) is 23.2 Å². The van der Waals surface area contributed by atoms with Crippen molar-refractivity contribution < 1.29 is 9.72 Å². The van der Waals surface area contributed by atoms with Crippen LogP contribution in [0.2, 0.25) is 10.0 Å². The third-order valence-electron chi connectivity index (χ3n) is 3.87. The fourth-order valence-corrected chi connectivity index (χ4v) is 5.89. The van der Waals surface area contributed by atoms with Crippen molar-refractivity contribution in [3.63, 3.8) is 0 Å². The molecular formula is C17H14Cl2N4O3SSe. The van der Waals surface area contributed by atoms with Gasteiger partial charge in [0.15, 0.2) is 0 Å². The van der Waals surface area contributed by atoms with E-state index < -0.39 is 4.92 Å². The van der Waals surface area contributed by atoms with Crippen molar-refractivity contribution >= 4 is 67.4 Å². The number of halogens is 2. The number of carbonyl (C=O) groups excluding carboxylic acids is 1. The summed E-state index contributed by atoms with van der Waals surface area (Å²) in [7, 11) is 0. The molecular weight excluding hydrogens is 490 g/mol. The Morgan fingerprint density at radius 3 is 2.79 bits per heavy atom. The summed E-state index contributed by atoms with van der Waals surface area (Å²) in [6, 6.07) is 9.82. The number of nitro groups is 1. The third-order valence-corrected chi connectivity index (χ3v) is 8.30. The summed E-state index contributed by atoms with van der Waals surface area (Å²) in [5.74, 6) is -0.173. The average Bonchev–Trinajstić information content (AvgIpc) is 3.12. The summed E-state index contributed by atoms with van der Waals surface area (Å²) in [6.07, 6.45) is 0. The van der Waals surface area contributed by atoms with Crippen LogP contribution in [0.15, 0.2) is 45.6 Å². The van der Waals surface area contributed by atoms with E-state index in [0.29, 0.717) is 10.0 Å². The van der Waals surface area contributed by atoms with Crippen LogP contribution in [0.25, 0.3) is 0 Å². The number of thioether (sulfide) groups is 1. The Labute approximate surface area is 181 Å². The number of amides is 1. The van der Waals surface area contributed by atoms with Crippen molar-refractivity contribution in [3.8, 4) is 0 Å². The molecule has 1 amide bonds. The zero-order valence-electron chi connectivity index (χ0n) is 14.5. The zero-order chi connectivity index (χ0) is 20.3. The van der Waals surface area contributed by atoms with Gasteiger partial charge < -0.3 is 0 Å². The van der Waals surface area contributed by atoms with Crippen molar-refractivity contribution in [1.29, 1.82) is 0 Å². The van der Waals surface area contributed by atoms with Crippen LogP contribution in [0.4, 0.5) is 11.4 Å². The fraction of sp³-hybridized carbons (Fsp3) is 0.235. The maximum absolute atomic E-state index is 12.3. The van der Waals surface area contributed by atoms with Gasteiger partial charge in [-0.25, -0.2) is 0 Å². The quantitative estimate of drug-likeness (QED) is 0.339. The van der Waals surface area contributed by atoms with Gasteiger partial charge in [0.25, 0.3) is 0 Å². The van der Waals surface area contributed by atoms with Gasteiger partial charge in [-0.3, -0.25) is 0 Å². The van der Waals surface area contributed by atoms with Gasteiger partial charge in [-0.1, -0.05) is 0 Å². The van der Waals surface area contributed by atoms with Crippen molar-refractivity contribution in [2.45, 2.75) is 17.1 Å². The number of nitrogens with one attached hydrogen (secondary N) is 1. The molecule has 0 saturated heterocycles. The molecule has 146 valence electrons. The molecule has 0 bridgehead atoms. The van der Waals surface area contributed by atoms with Gasteiger partial charge in [0.05, 0.1) is 0 Å². The molecule has 2 unspecified atom stereocenters. The summed E-state index contributed by atoms with van der Waals surface area (Å²) in [6.45, 7) is 1.76. The van der Waals surface area contributed by atoms with Gasteiger partial charge in [-0.15, -0.1) is 0 Å². The minimum absolute atomic E-state index is 0.0310. The van der Waals surface area contributed by atoms with Crippen molar-refractivity contribution in [2.24, 2.45) is 9.24 Å². The standard InChI is InChI=1S/C17H14Cl2N4O3SSe/c1-9-2-5-13(14(6-9)23(25)26)20-15(24)8-27-17-16(21-22-28-17)10-3-4-11(18)12(19)7-10/h2-7,16-17H,8H2,1H3,(H,20,24). The summed E-state index contributed by atoms with van der Waals surface area (Å²) in [5.41, 5.74) is 1.71. The van der Waals surface area contributed by atoms with Crippen molar-refractivity contribution in [1.82, 2.24) is 0 Å². The van der Waals surface area contributed by atoms with E-state index >= 15 is 0 Å². The first-order chi connectivity index (χ1) is 13.3. The summed E-state index contributed by atoms with van der Waals surface area (Å²) in [4.78, 5) is 23.0. The van der Waals surface area contributed by atoms with E-state index in [1.807, 2.05) is 6.07 Å². The Morgan fingerprint density at radius 1 is 1.29 bits per heavy atom. The first kappa shape index (κ1) is 21.1. The molecule has 0 saturated carbocycles. The molecule has 3 rings (SSSR count). The number of hydrogen-bond acceptors (Lipinski definition) is 6. The first-order valence-electron chi connectivity index (χ1n) is 8.02. The Bertz CT molecular complexity index is 960. The summed E-state index contributed by atoms with van der Waals surface area (Å²) in [5, 5.41) is 19.0. The molecule has 2 atom stereocenters. The Hall–Kier alpha value is -1.64. The molecule has 0 aliphatic carbocycles. The van der Waals surface area contributed by atoms with Gasteiger partial charge in [-0.05, 0) is 0 Å². The van der Waals surface area contributed by atoms with Crippen LogP contribution in [0.3, 0.4) is 0 Å². The molecule has 0 spiro atoms. The van der Waals surface area contributed by atoms with Gasteiger partial charge in [0, 0.05) is 0 Å². The molecule has 28 heavy (non-hydrogen) atoms. The van der Waals surface area contributed by atoms with Crippen LogP contribution in [0.5, 0.6) is 0 Å².